The number of rotatable bonds is 5. The lowest BCUT2D eigenvalue weighted by Crippen LogP contribution is -2.55. The molecular formula is C14H26N2O3. The van der Waals surface area contributed by atoms with Gasteiger partial charge in [0.25, 0.3) is 0 Å². The first kappa shape index (κ1) is 15.8. The molecule has 1 heterocycles. The van der Waals surface area contributed by atoms with Crippen molar-refractivity contribution in [3.05, 3.63) is 0 Å². The van der Waals surface area contributed by atoms with Gasteiger partial charge in [0.15, 0.2) is 0 Å². The average molecular weight is 270 g/mol. The zero-order valence-corrected chi connectivity index (χ0v) is 12.4. The first-order valence-corrected chi connectivity index (χ1v) is 7.12. The highest BCUT2D eigenvalue weighted by Gasteiger charge is 2.46. The predicted molar refractivity (Wildman–Crippen MR) is 74.0 cm³/mol. The Balaban J connectivity index is 2.60. The van der Waals surface area contributed by atoms with Crippen LogP contribution in [0, 0.1) is 5.92 Å². The Morgan fingerprint density at radius 3 is 2.58 bits per heavy atom. The highest BCUT2D eigenvalue weighted by molar-refractivity contribution is 5.86. The Kier molecular flexibility index (Phi) is 5.20. The molecule has 1 aliphatic heterocycles. The maximum atomic E-state index is 12.2. The quantitative estimate of drug-likeness (QED) is 0.806. The maximum Gasteiger partial charge on any atom is 0.329 e. The van der Waals surface area contributed by atoms with Crippen LogP contribution in [0.5, 0.6) is 0 Å². The van der Waals surface area contributed by atoms with E-state index in [9.17, 15) is 14.7 Å². The Morgan fingerprint density at radius 2 is 2.05 bits per heavy atom. The van der Waals surface area contributed by atoms with E-state index in [1.165, 1.54) is 4.90 Å². The van der Waals surface area contributed by atoms with Gasteiger partial charge in [-0.15, -0.1) is 0 Å². The number of nitrogens with one attached hydrogen (secondary N) is 1. The molecule has 1 aliphatic rings. The standard InChI is InChI=1S/C14H26N2O3/c1-5-10(2)9-11(3)15-13(19)16-8-6-7-14(16,4)12(17)18/h10-11H,5-9H2,1-4H3,(H,15,19)(H,17,18). The van der Waals surface area contributed by atoms with E-state index in [1.54, 1.807) is 6.92 Å². The van der Waals surface area contributed by atoms with Crippen LogP contribution in [0.3, 0.4) is 0 Å². The highest BCUT2D eigenvalue weighted by atomic mass is 16.4. The summed E-state index contributed by atoms with van der Waals surface area (Å²) in [5.74, 6) is -0.366. The number of hydrogen-bond acceptors (Lipinski definition) is 2. The van der Waals surface area contributed by atoms with E-state index in [-0.39, 0.29) is 12.1 Å². The van der Waals surface area contributed by atoms with Crippen molar-refractivity contribution < 1.29 is 14.7 Å². The Bertz CT molecular complexity index is 346. The summed E-state index contributed by atoms with van der Waals surface area (Å²) in [7, 11) is 0. The van der Waals surface area contributed by atoms with Gasteiger partial charge in [0, 0.05) is 12.6 Å². The van der Waals surface area contributed by atoms with Crippen molar-refractivity contribution in [3.63, 3.8) is 0 Å². The van der Waals surface area contributed by atoms with Gasteiger partial charge < -0.3 is 15.3 Å². The molecule has 0 radical (unpaired) electrons. The molecule has 3 unspecified atom stereocenters. The van der Waals surface area contributed by atoms with Crippen molar-refractivity contribution in [1.82, 2.24) is 10.2 Å². The monoisotopic (exact) mass is 270 g/mol. The summed E-state index contributed by atoms with van der Waals surface area (Å²) < 4.78 is 0. The van der Waals surface area contributed by atoms with Crippen molar-refractivity contribution in [3.8, 4) is 0 Å². The normalized spacial score (nSPS) is 26.0. The minimum atomic E-state index is -1.06. The minimum absolute atomic E-state index is 0.0705. The van der Waals surface area contributed by atoms with E-state index < -0.39 is 11.5 Å². The van der Waals surface area contributed by atoms with E-state index in [2.05, 4.69) is 19.2 Å². The van der Waals surface area contributed by atoms with Crippen LogP contribution in [0.25, 0.3) is 0 Å². The molecule has 0 bridgehead atoms. The largest absolute Gasteiger partial charge is 0.480 e. The summed E-state index contributed by atoms with van der Waals surface area (Å²) in [5, 5.41) is 12.2. The van der Waals surface area contributed by atoms with Gasteiger partial charge in [-0.1, -0.05) is 20.3 Å². The molecule has 0 spiro atoms. The first-order chi connectivity index (χ1) is 8.81. The van der Waals surface area contributed by atoms with E-state index in [0.29, 0.717) is 18.9 Å². The van der Waals surface area contributed by atoms with Crippen molar-refractivity contribution >= 4 is 12.0 Å². The van der Waals surface area contributed by atoms with Crippen LogP contribution in [0.4, 0.5) is 4.79 Å². The van der Waals surface area contributed by atoms with Gasteiger partial charge in [-0.3, -0.25) is 0 Å². The van der Waals surface area contributed by atoms with Crippen molar-refractivity contribution in [1.29, 1.82) is 0 Å². The first-order valence-electron chi connectivity index (χ1n) is 7.12. The van der Waals surface area contributed by atoms with Gasteiger partial charge >= 0.3 is 12.0 Å². The van der Waals surface area contributed by atoms with E-state index in [4.69, 9.17) is 0 Å². The number of carbonyl (C=O) groups is 2. The molecular weight excluding hydrogens is 244 g/mol. The summed E-state index contributed by atoms with van der Waals surface area (Å²) in [6.07, 6.45) is 3.27. The number of aliphatic carboxylic acids is 1. The molecule has 19 heavy (non-hydrogen) atoms. The average Bonchev–Trinajstić information content (AvgIpc) is 2.72. The molecule has 3 atom stereocenters. The van der Waals surface area contributed by atoms with E-state index in [1.807, 2.05) is 6.92 Å². The van der Waals surface area contributed by atoms with Crippen LogP contribution in [-0.2, 0) is 4.79 Å². The van der Waals surface area contributed by atoms with Gasteiger partial charge in [0.05, 0.1) is 0 Å². The van der Waals surface area contributed by atoms with Crippen molar-refractivity contribution in [2.45, 2.75) is 65.0 Å². The third kappa shape index (κ3) is 3.61. The SMILES string of the molecule is CCC(C)CC(C)NC(=O)N1CCCC1(C)C(=O)O. The second kappa shape index (κ2) is 6.26. The predicted octanol–water partition coefficient (Wildman–Crippen LogP) is 2.46. The minimum Gasteiger partial charge on any atom is -0.480 e. The number of hydrogen-bond donors (Lipinski definition) is 2. The van der Waals surface area contributed by atoms with Gasteiger partial charge in [-0.25, -0.2) is 9.59 Å². The summed E-state index contributed by atoms with van der Waals surface area (Å²) in [6, 6.07) is -0.181. The fraction of sp³-hybridized carbons (Fsp3) is 0.857. The number of urea groups is 1. The molecule has 1 rings (SSSR count). The summed E-state index contributed by atoms with van der Waals surface area (Å²) in [6.45, 7) is 8.39. The summed E-state index contributed by atoms with van der Waals surface area (Å²) in [5.41, 5.74) is -1.06. The fourth-order valence-electron chi connectivity index (χ4n) is 2.63. The molecule has 110 valence electrons. The fourth-order valence-corrected chi connectivity index (χ4v) is 2.63. The smallest absolute Gasteiger partial charge is 0.329 e. The highest BCUT2D eigenvalue weighted by Crippen LogP contribution is 2.29. The molecule has 5 nitrogen and oxygen atoms in total. The zero-order valence-electron chi connectivity index (χ0n) is 12.4. The maximum absolute atomic E-state index is 12.2. The van der Waals surface area contributed by atoms with Gasteiger partial charge in [0.2, 0.25) is 0 Å². The Hall–Kier alpha value is -1.26. The second-order valence-corrected chi connectivity index (χ2v) is 5.93. The van der Waals surface area contributed by atoms with Gasteiger partial charge in [-0.05, 0) is 39.0 Å². The molecule has 2 N–H and O–H groups in total. The number of nitrogens with zero attached hydrogens (tertiary/aromatic N) is 1. The molecule has 0 aromatic heterocycles. The van der Waals surface area contributed by atoms with E-state index in [0.717, 1.165) is 19.3 Å². The van der Waals surface area contributed by atoms with Crippen LogP contribution in [0.15, 0.2) is 0 Å². The van der Waals surface area contributed by atoms with Gasteiger partial charge in [0.1, 0.15) is 5.54 Å². The molecule has 0 aromatic carbocycles. The molecule has 0 aliphatic carbocycles. The molecule has 5 heteroatoms. The topological polar surface area (TPSA) is 69.6 Å². The Labute approximate surface area is 115 Å². The van der Waals surface area contributed by atoms with Crippen LogP contribution in [0.1, 0.15) is 53.4 Å². The lowest BCUT2D eigenvalue weighted by atomic mass is 9.99. The number of carboxylic acid groups (broad SMARTS) is 1. The van der Waals surface area contributed by atoms with Crippen LogP contribution in [0.2, 0.25) is 0 Å². The lowest BCUT2D eigenvalue weighted by Gasteiger charge is -2.32. The summed E-state index contributed by atoms with van der Waals surface area (Å²) in [4.78, 5) is 25.0. The van der Waals surface area contributed by atoms with Crippen LogP contribution in [-0.4, -0.2) is 40.1 Å². The third-order valence-corrected chi connectivity index (χ3v) is 4.17. The second-order valence-electron chi connectivity index (χ2n) is 5.93. The lowest BCUT2D eigenvalue weighted by molar-refractivity contribution is -0.147. The zero-order chi connectivity index (χ0) is 14.6. The third-order valence-electron chi connectivity index (χ3n) is 4.17. The molecule has 1 saturated heterocycles. The number of carbonyl (C=O) groups excluding carboxylic acids is 1. The van der Waals surface area contributed by atoms with Crippen LogP contribution >= 0.6 is 0 Å². The molecule has 0 aromatic rings. The van der Waals surface area contributed by atoms with Gasteiger partial charge in [-0.2, -0.15) is 0 Å². The van der Waals surface area contributed by atoms with Crippen LogP contribution < -0.4 is 5.32 Å². The number of carboxylic acids is 1. The summed E-state index contributed by atoms with van der Waals surface area (Å²) >= 11 is 0. The molecule has 1 fully saturated rings. The van der Waals surface area contributed by atoms with E-state index >= 15 is 0 Å². The number of amides is 2. The number of likely N-dealkylation sites (tertiary alicyclic amines) is 1. The molecule has 0 saturated carbocycles. The van der Waals surface area contributed by atoms with Crippen molar-refractivity contribution in [2.24, 2.45) is 5.92 Å². The molecule has 2 amide bonds. The Morgan fingerprint density at radius 1 is 1.42 bits per heavy atom. The van der Waals surface area contributed by atoms with Crippen molar-refractivity contribution in [2.75, 3.05) is 6.54 Å².